The summed E-state index contributed by atoms with van der Waals surface area (Å²) in [6, 6.07) is -0.480. The standard InChI is InChI=1S/C16H27N3O4/c1-10-5-11(14(21)22)8-18(7-10)15(23)17-12-6-13(20)19(9-12)16(2,3)4/h10-12H,5-9H2,1-4H3,(H,17,23)(H,21,22). The number of hydrogen-bond donors (Lipinski definition) is 2. The summed E-state index contributed by atoms with van der Waals surface area (Å²) in [6.45, 7) is 9.15. The second kappa shape index (κ2) is 6.37. The fraction of sp³-hybridized carbons (Fsp3) is 0.812. The molecule has 3 unspecified atom stereocenters. The number of rotatable bonds is 2. The van der Waals surface area contributed by atoms with Crippen LogP contribution in [0, 0.1) is 11.8 Å². The lowest BCUT2D eigenvalue weighted by atomic mass is 9.91. The monoisotopic (exact) mass is 325 g/mol. The topological polar surface area (TPSA) is 90.0 Å². The zero-order valence-corrected chi connectivity index (χ0v) is 14.3. The molecule has 130 valence electrons. The molecule has 0 aliphatic carbocycles. The zero-order valence-electron chi connectivity index (χ0n) is 14.3. The molecule has 2 aliphatic rings. The van der Waals surface area contributed by atoms with Gasteiger partial charge in [-0.1, -0.05) is 6.92 Å². The van der Waals surface area contributed by atoms with E-state index in [1.54, 1.807) is 9.80 Å². The lowest BCUT2D eigenvalue weighted by Crippen LogP contribution is -2.52. The van der Waals surface area contributed by atoms with Crippen LogP contribution in [0.3, 0.4) is 0 Å². The molecule has 0 radical (unpaired) electrons. The number of likely N-dealkylation sites (tertiary alicyclic amines) is 2. The minimum atomic E-state index is -0.857. The molecule has 2 rings (SSSR count). The number of aliphatic carboxylic acids is 1. The second-order valence-electron chi connectivity index (χ2n) is 7.81. The molecule has 0 spiro atoms. The Morgan fingerprint density at radius 1 is 1.22 bits per heavy atom. The van der Waals surface area contributed by atoms with Crippen molar-refractivity contribution in [1.29, 1.82) is 0 Å². The number of carbonyl (C=O) groups excluding carboxylic acids is 2. The molecule has 3 amide bonds. The third kappa shape index (κ3) is 4.14. The van der Waals surface area contributed by atoms with Crippen molar-refractivity contribution in [2.75, 3.05) is 19.6 Å². The SMILES string of the molecule is CC1CC(C(=O)O)CN(C(=O)NC2CC(=O)N(C(C)(C)C)C2)C1. The van der Waals surface area contributed by atoms with Crippen molar-refractivity contribution in [2.24, 2.45) is 11.8 Å². The summed E-state index contributed by atoms with van der Waals surface area (Å²) in [5.74, 6) is -1.17. The van der Waals surface area contributed by atoms with E-state index >= 15 is 0 Å². The van der Waals surface area contributed by atoms with Crippen LogP contribution in [-0.2, 0) is 9.59 Å². The van der Waals surface area contributed by atoms with Crippen LogP contribution >= 0.6 is 0 Å². The quantitative estimate of drug-likeness (QED) is 0.796. The van der Waals surface area contributed by atoms with Crippen LogP contribution in [0.25, 0.3) is 0 Å². The predicted octanol–water partition coefficient (Wildman–Crippen LogP) is 1.14. The highest BCUT2D eigenvalue weighted by Gasteiger charge is 2.38. The molecule has 2 fully saturated rings. The first-order chi connectivity index (χ1) is 10.6. The van der Waals surface area contributed by atoms with Crippen molar-refractivity contribution in [2.45, 2.75) is 52.1 Å². The van der Waals surface area contributed by atoms with Crippen LogP contribution in [0.2, 0.25) is 0 Å². The molecule has 7 nitrogen and oxygen atoms in total. The maximum Gasteiger partial charge on any atom is 0.317 e. The molecule has 2 saturated heterocycles. The second-order valence-corrected chi connectivity index (χ2v) is 7.81. The van der Waals surface area contributed by atoms with E-state index in [4.69, 9.17) is 0 Å². The molecule has 2 heterocycles. The van der Waals surface area contributed by atoms with Gasteiger partial charge in [-0.3, -0.25) is 9.59 Å². The van der Waals surface area contributed by atoms with Crippen molar-refractivity contribution in [1.82, 2.24) is 15.1 Å². The molecule has 0 saturated carbocycles. The molecular weight excluding hydrogens is 298 g/mol. The third-order valence-corrected chi connectivity index (χ3v) is 4.56. The van der Waals surface area contributed by atoms with E-state index in [2.05, 4.69) is 5.32 Å². The lowest BCUT2D eigenvalue weighted by molar-refractivity contribution is -0.143. The molecule has 3 atom stereocenters. The van der Waals surface area contributed by atoms with Crippen molar-refractivity contribution in [3.63, 3.8) is 0 Å². The van der Waals surface area contributed by atoms with Crippen molar-refractivity contribution < 1.29 is 19.5 Å². The van der Waals surface area contributed by atoms with Crippen LogP contribution in [0.5, 0.6) is 0 Å². The molecule has 2 aliphatic heterocycles. The van der Waals surface area contributed by atoms with Crippen molar-refractivity contribution >= 4 is 17.9 Å². The van der Waals surface area contributed by atoms with Gasteiger partial charge < -0.3 is 20.2 Å². The maximum absolute atomic E-state index is 12.4. The summed E-state index contributed by atoms with van der Waals surface area (Å²) >= 11 is 0. The highest BCUT2D eigenvalue weighted by atomic mass is 16.4. The molecule has 0 aromatic carbocycles. The Morgan fingerprint density at radius 2 is 1.87 bits per heavy atom. The van der Waals surface area contributed by atoms with E-state index in [0.29, 0.717) is 25.9 Å². The van der Waals surface area contributed by atoms with Gasteiger partial charge in [0.15, 0.2) is 0 Å². The summed E-state index contributed by atoms with van der Waals surface area (Å²) in [6.07, 6.45) is 0.896. The summed E-state index contributed by atoms with van der Waals surface area (Å²) in [5, 5.41) is 12.1. The van der Waals surface area contributed by atoms with E-state index in [1.807, 2.05) is 27.7 Å². The Hall–Kier alpha value is -1.79. The minimum Gasteiger partial charge on any atom is -0.481 e. The molecule has 0 aromatic heterocycles. The first kappa shape index (κ1) is 17.6. The Bertz CT molecular complexity index is 500. The van der Waals surface area contributed by atoms with Crippen LogP contribution in [0.4, 0.5) is 4.79 Å². The molecule has 0 bridgehead atoms. The van der Waals surface area contributed by atoms with Crippen molar-refractivity contribution in [3.05, 3.63) is 0 Å². The van der Waals surface area contributed by atoms with Gasteiger partial charge in [-0.05, 0) is 33.1 Å². The van der Waals surface area contributed by atoms with Gasteiger partial charge in [-0.15, -0.1) is 0 Å². The van der Waals surface area contributed by atoms with Crippen molar-refractivity contribution in [3.8, 4) is 0 Å². The Labute approximate surface area is 137 Å². The van der Waals surface area contributed by atoms with Crippen LogP contribution in [0.15, 0.2) is 0 Å². The van der Waals surface area contributed by atoms with Crippen LogP contribution < -0.4 is 5.32 Å². The fourth-order valence-electron chi connectivity index (χ4n) is 3.41. The number of urea groups is 1. The van der Waals surface area contributed by atoms with Gasteiger partial charge in [-0.2, -0.15) is 0 Å². The average molecular weight is 325 g/mol. The number of hydrogen-bond acceptors (Lipinski definition) is 3. The summed E-state index contributed by atoms with van der Waals surface area (Å²) in [7, 11) is 0. The van der Waals surface area contributed by atoms with E-state index in [-0.39, 0.29) is 36.0 Å². The first-order valence-corrected chi connectivity index (χ1v) is 8.16. The Morgan fingerprint density at radius 3 is 2.39 bits per heavy atom. The molecular formula is C16H27N3O4. The number of amides is 3. The summed E-state index contributed by atoms with van der Waals surface area (Å²) < 4.78 is 0. The van der Waals surface area contributed by atoms with Gasteiger partial charge in [0.05, 0.1) is 12.0 Å². The highest BCUT2D eigenvalue weighted by Crippen LogP contribution is 2.24. The Kier molecular flexibility index (Phi) is 4.87. The third-order valence-electron chi connectivity index (χ3n) is 4.56. The highest BCUT2D eigenvalue weighted by molar-refractivity contribution is 5.82. The molecule has 23 heavy (non-hydrogen) atoms. The maximum atomic E-state index is 12.4. The Balaban J connectivity index is 1.94. The number of carboxylic acids is 1. The lowest BCUT2D eigenvalue weighted by Gasteiger charge is -2.35. The van der Waals surface area contributed by atoms with Gasteiger partial charge >= 0.3 is 12.0 Å². The number of carbonyl (C=O) groups is 3. The molecule has 2 N–H and O–H groups in total. The van der Waals surface area contributed by atoms with Gasteiger partial charge in [0.2, 0.25) is 5.91 Å². The van der Waals surface area contributed by atoms with E-state index in [9.17, 15) is 19.5 Å². The van der Waals surface area contributed by atoms with Gasteiger partial charge in [-0.25, -0.2) is 4.79 Å². The smallest absolute Gasteiger partial charge is 0.317 e. The average Bonchev–Trinajstić information content (AvgIpc) is 2.78. The zero-order chi connectivity index (χ0) is 17.4. The molecule has 7 heteroatoms. The fourth-order valence-corrected chi connectivity index (χ4v) is 3.41. The van der Waals surface area contributed by atoms with Gasteiger partial charge in [0, 0.05) is 31.6 Å². The van der Waals surface area contributed by atoms with E-state index in [0.717, 1.165) is 0 Å². The largest absolute Gasteiger partial charge is 0.481 e. The van der Waals surface area contributed by atoms with Gasteiger partial charge in [0.1, 0.15) is 0 Å². The van der Waals surface area contributed by atoms with E-state index in [1.165, 1.54) is 0 Å². The number of carboxylic acid groups (broad SMARTS) is 1. The van der Waals surface area contributed by atoms with Crippen LogP contribution in [0.1, 0.15) is 40.5 Å². The van der Waals surface area contributed by atoms with Crippen LogP contribution in [-0.4, -0.2) is 64.0 Å². The molecule has 0 aromatic rings. The van der Waals surface area contributed by atoms with E-state index < -0.39 is 11.9 Å². The number of piperidine rings is 1. The predicted molar refractivity (Wildman–Crippen MR) is 84.9 cm³/mol. The number of nitrogens with zero attached hydrogens (tertiary/aromatic N) is 2. The minimum absolute atomic E-state index is 0.0400. The number of nitrogens with one attached hydrogen (secondary N) is 1. The normalized spacial score (nSPS) is 28.9. The summed E-state index contributed by atoms with van der Waals surface area (Å²) in [5.41, 5.74) is -0.259. The first-order valence-electron chi connectivity index (χ1n) is 8.16. The summed E-state index contributed by atoms with van der Waals surface area (Å²) in [4.78, 5) is 39.0. The van der Waals surface area contributed by atoms with Gasteiger partial charge in [0.25, 0.3) is 0 Å².